The van der Waals surface area contributed by atoms with Crippen molar-refractivity contribution in [1.82, 2.24) is 4.90 Å². The standard InChI is InChI=1S/C13H27N/c1-11(2)14(10-13(3,4)5)12-8-6-7-9-12/h11-12H,6-10H2,1-5H3. The van der Waals surface area contributed by atoms with E-state index >= 15 is 0 Å². The molecule has 1 saturated carbocycles. The van der Waals surface area contributed by atoms with Crippen molar-refractivity contribution in [1.29, 1.82) is 0 Å². The summed E-state index contributed by atoms with van der Waals surface area (Å²) in [5.41, 5.74) is 0.437. The van der Waals surface area contributed by atoms with E-state index in [4.69, 9.17) is 0 Å². The van der Waals surface area contributed by atoms with Crippen LogP contribution in [0.25, 0.3) is 0 Å². The van der Waals surface area contributed by atoms with E-state index in [1.165, 1.54) is 32.2 Å². The molecule has 0 N–H and O–H groups in total. The van der Waals surface area contributed by atoms with E-state index in [2.05, 4.69) is 39.5 Å². The average Bonchev–Trinajstić information content (AvgIpc) is 2.49. The van der Waals surface area contributed by atoms with Gasteiger partial charge in [0.15, 0.2) is 0 Å². The highest BCUT2D eigenvalue weighted by molar-refractivity contribution is 4.82. The fourth-order valence-corrected chi connectivity index (χ4v) is 2.52. The molecule has 0 heterocycles. The maximum Gasteiger partial charge on any atom is 0.00981 e. The molecule has 0 unspecified atom stereocenters. The molecule has 1 nitrogen and oxygen atoms in total. The van der Waals surface area contributed by atoms with Gasteiger partial charge in [0, 0.05) is 18.6 Å². The Morgan fingerprint density at radius 2 is 1.64 bits per heavy atom. The average molecular weight is 197 g/mol. The van der Waals surface area contributed by atoms with Crippen molar-refractivity contribution in [2.45, 2.75) is 72.4 Å². The van der Waals surface area contributed by atoms with Gasteiger partial charge >= 0.3 is 0 Å². The van der Waals surface area contributed by atoms with Crippen LogP contribution in [0.1, 0.15) is 60.3 Å². The normalized spacial score (nSPS) is 19.9. The van der Waals surface area contributed by atoms with Crippen LogP contribution in [0.15, 0.2) is 0 Å². The number of rotatable bonds is 3. The molecule has 1 fully saturated rings. The fraction of sp³-hybridized carbons (Fsp3) is 1.00. The van der Waals surface area contributed by atoms with E-state index in [0.717, 1.165) is 6.04 Å². The lowest BCUT2D eigenvalue weighted by Crippen LogP contribution is -2.43. The van der Waals surface area contributed by atoms with Gasteiger partial charge in [-0.15, -0.1) is 0 Å². The summed E-state index contributed by atoms with van der Waals surface area (Å²) < 4.78 is 0. The first-order valence-corrected chi connectivity index (χ1v) is 6.16. The molecule has 0 aromatic rings. The molecule has 1 aliphatic rings. The first-order chi connectivity index (χ1) is 6.40. The maximum atomic E-state index is 2.72. The summed E-state index contributed by atoms with van der Waals surface area (Å²) in [5.74, 6) is 0. The van der Waals surface area contributed by atoms with Crippen LogP contribution in [0.3, 0.4) is 0 Å². The van der Waals surface area contributed by atoms with Gasteiger partial charge in [-0.1, -0.05) is 33.6 Å². The molecule has 0 aromatic heterocycles. The van der Waals surface area contributed by atoms with Gasteiger partial charge < -0.3 is 0 Å². The Bertz CT molecular complexity index is 161. The highest BCUT2D eigenvalue weighted by Crippen LogP contribution is 2.28. The van der Waals surface area contributed by atoms with Gasteiger partial charge in [-0.3, -0.25) is 4.90 Å². The molecule has 0 radical (unpaired) electrons. The second kappa shape index (κ2) is 4.65. The Labute approximate surface area is 89.9 Å². The topological polar surface area (TPSA) is 3.24 Å². The zero-order valence-electron chi connectivity index (χ0n) is 10.6. The lowest BCUT2D eigenvalue weighted by molar-refractivity contribution is 0.105. The van der Waals surface area contributed by atoms with Crippen molar-refractivity contribution >= 4 is 0 Å². The molecule has 0 aliphatic heterocycles. The number of hydrogen-bond acceptors (Lipinski definition) is 1. The predicted octanol–water partition coefficient (Wildman–Crippen LogP) is 3.69. The van der Waals surface area contributed by atoms with Gasteiger partial charge in [0.1, 0.15) is 0 Å². The molecule has 0 spiro atoms. The van der Waals surface area contributed by atoms with Crippen molar-refractivity contribution < 1.29 is 0 Å². The van der Waals surface area contributed by atoms with Crippen LogP contribution in [0.5, 0.6) is 0 Å². The predicted molar refractivity (Wildman–Crippen MR) is 63.6 cm³/mol. The van der Waals surface area contributed by atoms with Crippen LogP contribution < -0.4 is 0 Å². The zero-order chi connectivity index (χ0) is 10.8. The Kier molecular flexibility index (Phi) is 4.00. The molecule has 0 bridgehead atoms. The van der Waals surface area contributed by atoms with Gasteiger partial charge in [0.25, 0.3) is 0 Å². The van der Waals surface area contributed by atoms with Crippen LogP contribution in [-0.2, 0) is 0 Å². The van der Waals surface area contributed by atoms with Crippen molar-refractivity contribution in [2.24, 2.45) is 5.41 Å². The van der Waals surface area contributed by atoms with Gasteiger partial charge in [-0.05, 0) is 32.1 Å². The van der Waals surface area contributed by atoms with Gasteiger partial charge in [-0.2, -0.15) is 0 Å². The Balaban J connectivity index is 2.54. The first-order valence-electron chi connectivity index (χ1n) is 6.16. The lowest BCUT2D eigenvalue weighted by atomic mass is 9.94. The Hall–Kier alpha value is -0.0400. The fourth-order valence-electron chi connectivity index (χ4n) is 2.52. The molecule has 84 valence electrons. The highest BCUT2D eigenvalue weighted by atomic mass is 15.2. The second-order valence-electron chi connectivity index (χ2n) is 6.27. The summed E-state index contributed by atoms with van der Waals surface area (Å²) in [5, 5.41) is 0. The molecule has 1 heteroatoms. The zero-order valence-corrected chi connectivity index (χ0v) is 10.6. The third-order valence-corrected chi connectivity index (χ3v) is 3.11. The van der Waals surface area contributed by atoms with Crippen LogP contribution in [0.2, 0.25) is 0 Å². The third-order valence-electron chi connectivity index (χ3n) is 3.11. The summed E-state index contributed by atoms with van der Waals surface area (Å²) in [4.78, 5) is 2.72. The van der Waals surface area contributed by atoms with Crippen molar-refractivity contribution in [3.63, 3.8) is 0 Å². The number of nitrogens with zero attached hydrogens (tertiary/aromatic N) is 1. The third kappa shape index (κ3) is 3.61. The molecule has 0 aromatic carbocycles. The van der Waals surface area contributed by atoms with Crippen molar-refractivity contribution in [3.8, 4) is 0 Å². The first kappa shape index (κ1) is 12.0. The van der Waals surface area contributed by atoms with E-state index in [-0.39, 0.29) is 0 Å². The molecule has 0 atom stereocenters. The second-order valence-corrected chi connectivity index (χ2v) is 6.27. The lowest BCUT2D eigenvalue weighted by Gasteiger charge is -2.37. The van der Waals surface area contributed by atoms with E-state index in [1.807, 2.05) is 0 Å². The molecule has 1 aliphatic carbocycles. The summed E-state index contributed by atoms with van der Waals surface area (Å²) in [7, 11) is 0. The number of hydrogen-bond donors (Lipinski definition) is 0. The van der Waals surface area contributed by atoms with Crippen LogP contribution in [0.4, 0.5) is 0 Å². The van der Waals surface area contributed by atoms with Gasteiger partial charge in [-0.25, -0.2) is 0 Å². The van der Waals surface area contributed by atoms with Gasteiger partial charge in [0.05, 0.1) is 0 Å². The Morgan fingerprint density at radius 1 is 1.14 bits per heavy atom. The van der Waals surface area contributed by atoms with Crippen molar-refractivity contribution in [3.05, 3.63) is 0 Å². The minimum atomic E-state index is 0.437. The molecule has 14 heavy (non-hydrogen) atoms. The maximum absolute atomic E-state index is 2.72. The van der Waals surface area contributed by atoms with Crippen LogP contribution >= 0.6 is 0 Å². The molecular weight excluding hydrogens is 170 g/mol. The SMILES string of the molecule is CC(C)N(CC(C)(C)C)C1CCCC1. The summed E-state index contributed by atoms with van der Waals surface area (Å²) in [6.45, 7) is 13.0. The minimum absolute atomic E-state index is 0.437. The van der Waals surface area contributed by atoms with Crippen LogP contribution in [0, 0.1) is 5.41 Å². The van der Waals surface area contributed by atoms with E-state index in [0.29, 0.717) is 11.5 Å². The highest BCUT2D eigenvalue weighted by Gasteiger charge is 2.27. The molecular formula is C13H27N. The summed E-state index contributed by atoms with van der Waals surface area (Å²) in [6.07, 6.45) is 5.73. The summed E-state index contributed by atoms with van der Waals surface area (Å²) >= 11 is 0. The quantitative estimate of drug-likeness (QED) is 0.667. The van der Waals surface area contributed by atoms with Crippen molar-refractivity contribution in [2.75, 3.05) is 6.54 Å². The Morgan fingerprint density at radius 3 is 2.00 bits per heavy atom. The molecule has 0 saturated heterocycles. The largest absolute Gasteiger partial charge is 0.297 e. The molecule has 1 rings (SSSR count). The van der Waals surface area contributed by atoms with Crippen LogP contribution in [-0.4, -0.2) is 23.5 Å². The molecule has 0 amide bonds. The minimum Gasteiger partial charge on any atom is -0.297 e. The van der Waals surface area contributed by atoms with E-state index in [1.54, 1.807) is 0 Å². The smallest absolute Gasteiger partial charge is 0.00981 e. The monoisotopic (exact) mass is 197 g/mol. The summed E-state index contributed by atoms with van der Waals surface area (Å²) in [6, 6.07) is 1.58. The van der Waals surface area contributed by atoms with Gasteiger partial charge in [0.2, 0.25) is 0 Å². The van der Waals surface area contributed by atoms with E-state index < -0.39 is 0 Å². The van der Waals surface area contributed by atoms with E-state index in [9.17, 15) is 0 Å².